The van der Waals surface area contributed by atoms with Gasteiger partial charge in [0.1, 0.15) is 18.2 Å². The number of carbonyl (C=O) groups is 3. The molecule has 0 aromatic carbocycles. The Morgan fingerprint density at radius 3 is 2.18 bits per heavy atom. The Bertz CT molecular complexity index is 449. The highest BCUT2D eigenvalue weighted by Gasteiger charge is 2.27. The summed E-state index contributed by atoms with van der Waals surface area (Å²) in [5.41, 5.74) is -0.144. The molecule has 0 aromatic heterocycles. The van der Waals surface area contributed by atoms with Crippen LogP contribution < -0.4 is 10.6 Å². The monoisotopic (exact) mass is 314 g/mol. The van der Waals surface area contributed by atoms with Crippen LogP contribution in [-0.4, -0.2) is 41.1 Å². The van der Waals surface area contributed by atoms with E-state index in [1.165, 1.54) is 6.08 Å². The Hall–Kier alpha value is -2.05. The van der Waals surface area contributed by atoms with Crippen LogP contribution in [0.3, 0.4) is 0 Å². The molecule has 0 aliphatic heterocycles. The summed E-state index contributed by atoms with van der Waals surface area (Å²) < 4.78 is 5.34. The van der Waals surface area contributed by atoms with E-state index >= 15 is 0 Å². The van der Waals surface area contributed by atoms with Crippen LogP contribution in [0.4, 0.5) is 0 Å². The Morgan fingerprint density at radius 1 is 1.23 bits per heavy atom. The van der Waals surface area contributed by atoms with Gasteiger partial charge in [-0.25, -0.2) is 4.79 Å². The number of aliphatic carboxylic acids is 1. The van der Waals surface area contributed by atoms with Gasteiger partial charge in [-0.05, 0) is 33.6 Å². The number of rotatable bonds is 7. The second-order valence-electron chi connectivity index (χ2n) is 6.34. The molecule has 126 valence electrons. The average Bonchev–Trinajstić information content (AvgIpc) is 2.30. The lowest BCUT2D eigenvalue weighted by Gasteiger charge is -2.27. The molecular formula is C15H26N2O5. The summed E-state index contributed by atoms with van der Waals surface area (Å²) in [6.45, 7) is 10.2. The number of carbonyl (C=O) groups excluding carboxylic acids is 2. The molecule has 0 radical (unpaired) electrons. The number of esters is 1. The molecule has 0 aliphatic carbocycles. The molecule has 0 aromatic rings. The minimum absolute atomic E-state index is 0.0414. The van der Waals surface area contributed by atoms with E-state index in [0.29, 0.717) is 5.70 Å². The molecule has 0 fully saturated rings. The lowest BCUT2D eigenvalue weighted by atomic mass is 10.0. The third kappa shape index (κ3) is 8.99. The maximum absolute atomic E-state index is 12.1. The number of ether oxygens (including phenoxy) is 1. The van der Waals surface area contributed by atoms with Crippen molar-refractivity contribution in [3.63, 3.8) is 0 Å². The number of hydrogen-bond acceptors (Lipinski definition) is 5. The first-order chi connectivity index (χ1) is 9.92. The lowest BCUT2D eigenvalue weighted by molar-refractivity contribution is -0.158. The number of hydrogen-bond donors (Lipinski definition) is 3. The van der Waals surface area contributed by atoms with Gasteiger partial charge in [0.05, 0.1) is 0 Å². The molecule has 0 aliphatic rings. The zero-order valence-electron chi connectivity index (χ0n) is 14.0. The van der Waals surface area contributed by atoms with Gasteiger partial charge in [0.25, 0.3) is 0 Å². The first-order valence-corrected chi connectivity index (χ1v) is 7.09. The van der Waals surface area contributed by atoms with Crippen LogP contribution >= 0.6 is 0 Å². The maximum Gasteiger partial charge on any atom is 0.329 e. The van der Waals surface area contributed by atoms with Gasteiger partial charge in [-0.1, -0.05) is 13.8 Å². The number of amides is 1. The van der Waals surface area contributed by atoms with E-state index in [-0.39, 0.29) is 5.92 Å². The van der Waals surface area contributed by atoms with Crippen LogP contribution in [0, 0.1) is 5.92 Å². The molecule has 0 heterocycles. The van der Waals surface area contributed by atoms with E-state index in [9.17, 15) is 14.4 Å². The summed E-state index contributed by atoms with van der Waals surface area (Å²) in [5.74, 6) is -2.11. The van der Waals surface area contributed by atoms with Gasteiger partial charge >= 0.3 is 11.9 Å². The van der Waals surface area contributed by atoms with E-state index < -0.39 is 36.0 Å². The summed E-state index contributed by atoms with van der Waals surface area (Å²) in [6.07, 6.45) is 1.21. The molecular weight excluding hydrogens is 288 g/mol. The Balaban J connectivity index is 4.77. The highest BCUT2D eigenvalue weighted by Crippen LogP contribution is 2.13. The van der Waals surface area contributed by atoms with Gasteiger partial charge in [-0.15, -0.1) is 0 Å². The zero-order valence-corrected chi connectivity index (χ0v) is 14.0. The van der Waals surface area contributed by atoms with Crippen molar-refractivity contribution in [3.05, 3.63) is 11.8 Å². The van der Waals surface area contributed by atoms with Crippen molar-refractivity contribution in [3.8, 4) is 0 Å². The number of carboxylic acid groups (broad SMARTS) is 1. The number of carboxylic acids is 1. The second-order valence-corrected chi connectivity index (χ2v) is 6.34. The maximum atomic E-state index is 12.1. The van der Waals surface area contributed by atoms with Crippen molar-refractivity contribution in [1.29, 1.82) is 0 Å². The van der Waals surface area contributed by atoms with Crippen LogP contribution in [-0.2, 0) is 19.1 Å². The molecule has 1 atom stereocenters. The van der Waals surface area contributed by atoms with Crippen LogP contribution in [0.15, 0.2) is 11.8 Å². The van der Waals surface area contributed by atoms with Crippen molar-refractivity contribution >= 4 is 17.8 Å². The van der Waals surface area contributed by atoms with Gasteiger partial charge in [0, 0.05) is 11.8 Å². The average molecular weight is 314 g/mol. The SMILES string of the molecule is CC(=CC(=O)NCC(=O)O)N[C@@H](C(=O)OC(C)(C)C)C(C)C. The topological polar surface area (TPSA) is 105 Å². The first kappa shape index (κ1) is 19.9. The first-order valence-electron chi connectivity index (χ1n) is 7.09. The summed E-state index contributed by atoms with van der Waals surface area (Å²) in [5, 5.41) is 13.6. The fourth-order valence-electron chi connectivity index (χ4n) is 1.56. The van der Waals surface area contributed by atoms with Crippen molar-refractivity contribution in [2.45, 2.75) is 53.2 Å². The predicted molar refractivity (Wildman–Crippen MR) is 82.0 cm³/mol. The Kier molecular flexibility index (Phi) is 7.62. The number of allylic oxidation sites excluding steroid dienone is 1. The van der Waals surface area contributed by atoms with Gasteiger partial charge in [0.15, 0.2) is 0 Å². The summed E-state index contributed by atoms with van der Waals surface area (Å²) >= 11 is 0. The fourth-order valence-corrected chi connectivity index (χ4v) is 1.56. The van der Waals surface area contributed by atoms with E-state index in [1.807, 2.05) is 13.8 Å². The molecule has 0 spiro atoms. The largest absolute Gasteiger partial charge is 0.480 e. The quantitative estimate of drug-likeness (QED) is 0.479. The van der Waals surface area contributed by atoms with Crippen LogP contribution in [0.2, 0.25) is 0 Å². The van der Waals surface area contributed by atoms with E-state index in [4.69, 9.17) is 9.84 Å². The van der Waals surface area contributed by atoms with Crippen molar-refractivity contribution in [2.24, 2.45) is 5.92 Å². The normalized spacial score (nSPS) is 13.5. The van der Waals surface area contributed by atoms with Crippen molar-refractivity contribution in [1.82, 2.24) is 10.6 Å². The lowest BCUT2D eigenvalue weighted by Crippen LogP contribution is -2.44. The summed E-state index contributed by atoms with van der Waals surface area (Å²) in [6, 6.07) is -0.595. The fraction of sp³-hybridized carbons (Fsp3) is 0.667. The molecule has 0 rings (SSSR count). The third-order valence-corrected chi connectivity index (χ3v) is 2.47. The molecule has 7 heteroatoms. The predicted octanol–water partition coefficient (Wildman–Crippen LogP) is 1.05. The molecule has 7 nitrogen and oxygen atoms in total. The van der Waals surface area contributed by atoms with Crippen LogP contribution in [0.1, 0.15) is 41.5 Å². The van der Waals surface area contributed by atoms with Crippen LogP contribution in [0.25, 0.3) is 0 Å². The molecule has 3 N–H and O–H groups in total. The zero-order chi connectivity index (χ0) is 17.5. The molecule has 0 saturated heterocycles. The van der Waals surface area contributed by atoms with E-state index in [2.05, 4.69) is 10.6 Å². The van der Waals surface area contributed by atoms with Crippen molar-refractivity contribution in [2.75, 3.05) is 6.54 Å². The second kappa shape index (κ2) is 8.41. The molecule has 0 bridgehead atoms. The summed E-state index contributed by atoms with van der Waals surface area (Å²) in [7, 11) is 0. The van der Waals surface area contributed by atoms with Gasteiger partial charge in [-0.2, -0.15) is 0 Å². The molecule has 1 amide bonds. The Morgan fingerprint density at radius 2 is 1.77 bits per heavy atom. The minimum atomic E-state index is -1.12. The highest BCUT2D eigenvalue weighted by atomic mass is 16.6. The molecule has 22 heavy (non-hydrogen) atoms. The van der Waals surface area contributed by atoms with E-state index in [0.717, 1.165) is 0 Å². The van der Waals surface area contributed by atoms with Crippen LogP contribution in [0.5, 0.6) is 0 Å². The summed E-state index contributed by atoms with van der Waals surface area (Å²) in [4.78, 5) is 34.0. The van der Waals surface area contributed by atoms with Crippen molar-refractivity contribution < 1.29 is 24.2 Å². The highest BCUT2D eigenvalue weighted by molar-refractivity contribution is 5.90. The third-order valence-electron chi connectivity index (χ3n) is 2.47. The van der Waals surface area contributed by atoms with Gasteiger partial charge < -0.3 is 20.5 Å². The smallest absolute Gasteiger partial charge is 0.329 e. The van der Waals surface area contributed by atoms with E-state index in [1.54, 1.807) is 27.7 Å². The standard InChI is InChI=1S/C15H26N2O5/c1-9(2)13(14(21)22-15(4,5)6)17-10(3)7-11(18)16-8-12(19)20/h7,9,13,17H,8H2,1-6H3,(H,16,18)(H,19,20)/t13-/m1/s1. The number of nitrogens with one attached hydrogen (secondary N) is 2. The van der Waals surface area contributed by atoms with Gasteiger partial charge in [-0.3, -0.25) is 9.59 Å². The molecule has 0 saturated carbocycles. The Labute approximate surface area is 131 Å². The minimum Gasteiger partial charge on any atom is -0.480 e. The molecule has 0 unspecified atom stereocenters. The van der Waals surface area contributed by atoms with Gasteiger partial charge in [0.2, 0.25) is 5.91 Å².